The van der Waals surface area contributed by atoms with Crippen molar-refractivity contribution in [2.75, 3.05) is 13.1 Å². The zero-order valence-electron chi connectivity index (χ0n) is 20.1. The average molecular weight is 501 g/mol. The van der Waals surface area contributed by atoms with Crippen LogP contribution in [0.4, 0.5) is 13.6 Å². The number of benzene rings is 2. The number of rotatable bonds is 4. The summed E-state index contributed by atoms with van der Waals surface area (Å²) >= 11 is 0. The maximum absolute atomic E-state index is 14.6. The molecular formula is C25H26F2N4O5. The van der Waals surface area contributed by atoms with E-state index >= 15 is 0 Å². The zero-order valence-corrected chi connectivity index (χ0v) is 20.1. The van der Waals surface area contributed by atoms with Gasteiger partial charge in [0.2, 0.25) is 0 Å². The van der Waals surface area contributed by atoms with Gasteiger partial charge in [0.15, 0.2) is 0 Å². The molecule has 0 radical (unpaired) electrons. The van der Waals surface area contributed by atoms with Crippen LogP contribution in [0.3, 0.4) is 0 Å². The highest BCUT2D eigenvalue weighted by molar-refractivity contribution is 5.95. The lowest BCUT2D eigenvalue weighted by Gasteiger charge is -2.24. The molecule has 1 aromatic heterocycles. The second kappa shape index (κ2) is 9.56. The summed E-state index contributed by atoms with van der Waals surface area (Å²) in [5.41, 5.74) is -2.30. The molecule has 0 spiro atoms. The van der Waals surface area contributed by atoms with Crippen LogP contribution >= 0.6 is 0 Å². The first-order valence-corrected chi connectivity index (χ1v) is 11.4. The first-order valence-electron chi connectivity index (χ1n) is 11.4. The van der Waals surface area contributed by atoms with Crippen molar-refractivity contribution in [3.05, 3.63) is 80.0 Å². The molecule has 0 bridgehead atoms. The number of carbonyl (C=O) groups excluding carboxylic acids is 2. The summed E-state index contributed by atoms with van der Waals surface area (Å²) in [5, 5.41) is 2.72. The van der Waals surface area contributed by atoms with Crippen LogP contribution in [-0.2, 0) is 11.3 Å². The molecule has 1 atom stereocenters. The van der Waals surface area contributed by atoms with Gasteiger partial charge in [-0.1, -0.05) is 12.1 Å². The third-order valence-corrected chi connectivity index (χ3v) is 5.76. The van der Waals surface area contributed by atoms with E-state index in [1.807, 2.05) is 0 Å². The molecule has 1 aliphatic heterocycles. The second-order valence-electron chi connectivity index (χ2n) is 9.68. The lowest BCUT2D eigenvalue weighted by atomic mass is 10.1. The van der Waals surface area contributed by atoms with Crippen molar-refractivity contribution in [3.63, 3.8) is 0 Å². The molecule has 2 N–H and O–H groups in total. The Hall–Kier alpha value is -4.02. The summed E-state index contributed by atoms with van der Waals surface area (Å²) in [6, 6.07) is 7.21. The largest absolute Gasteiger partial charge is 0.444 e. The van der Waals surface area contributed by atoms with E-state index in [9.17, 15) is 28.0 Å². The number of carbonyl (C=O) groups is 2. The normalized spacial score (nSPS) is 15.8. The number of para-hydroxylation sites is 1. The third kappa shape index (κ3) is 5.29. The summed E-state index contributed by atoms with van der Waals surface area (Å²) in [6.45, 7) is 5.68. The second-order valence-corrected chi connectivity index (χ2v) is 9.68. The minimum atomic E-state index is -0.832. The molecule has 3 aromatic rings. The van der Waals surface area contributed by atoms with Gasteiger partial charge < -0.3 is 15.0 Å². The van der Waals surface area contributed by atoms with Gasteiger partial charge in [-0.3, -0.25) is 19.1 Å². The Morgan fingerprint density at radius 1 is 1.14 bits per heavy atom. The summed E-state index contributed by atoms with van der Waals surface area (Å²) in [5.74, 6) is -2.22. The molecule has 9 nitrogen and oxygen atoms in total. The average Bonchev–Trinajstić information content (AvgIpc) is 3.25. The highest BCUT2D eigenvalue weighted by Gasteiger charge is 2.31. The third-order valence-electron chi connectivity index (χ3n) is 5.76. The number of ether oxygens (including phenoxy) is 1. The minimum Gasteiger partial charge on any atom is -0.444 e. The van der Waals surface area contributed by atoms with Gasteiger partial charge in [-0.15, -0.1) is 0 Å². The highest BCUT2D eigenvalue weighted by atomic mass is 19.1. The number of aromatic amines is 1. The Morgan fingerprint density at radius 2 is 1.89 bits per heavy atom. The molecule has 11 heteroatoms. The van der Waals surface area contributed by atoms with Crippen molar-refractivity contribution in [2.45, 2.75) is 45.4 Å². The van der Waals surface area contributed by atoms with E-state index in [1.54, 1.807) is 20.8 Å². The van der Waals surface area contributed by atoms with E-state index in [1.165, 1.54) is 29.2 Å². The molecule has 36 heavy (non-hydrogen) atoms. The molecule has 1 saturated heterocycles. The number of fused-ring (bicyclic) bond motifs is 1. The van der Waals surface area contributed by atoms with E-state index in [0.717, 1.165) is 16.7 Å². The lowest BCUT2D eigenvalue weighted by Crippen LogP contribution is -2.40. The van der Waals surface area contributed by atoms with Gasteiger partial charge >= 0.3 is 11.8 Å². The first kappa shape index (κ1) is 25.1. The molecule has 0 saturated carbocycles. The van der Waals surface area contributed by atoms with Gasteiger partial charge in [-0.25, -0.2) is 18.4 Å². The van der Waals surface area contributed by atoms with Crippen LogP contribution < -0.4 is 16.6 Å². The fourth-order valence-electron chi connectivity index (χ4n) is 4.12. The van der Waals surface area contributed by atoms with Gasteiger partial charge in [0.05, 0.1) is 23.0 Å². The molecule has 4 rings (SSSR count). The van der Waals surface area contributed by atoms with Gasteiger partial charge in [-0.2, -0.15) is 0 Å². The Kier molecular flexibility index (Phi) is 6.66. The molecule has 0 aliphatic carbocycles. The highest BCUT2D eigenvalue weighted by Crippen LogP contribution is 2.18. The molecule has 1 unspecified atom stereocenters. The maximum Gasteiger partial charge on any atom is 0.410 e. The van der Waals surface area contributed by atoms with Gasteiger partial charge in [0.1, 0.15) is 17.2 Å². The fourth-order valence-corrected chi connectivity index (χ4v) is 4.12. The van der Waals surface area contributed by atoms with Crippen LogP contribution in [0.25, 0.3) is 10.9 Å². The molecule has 2 aromatic carbocycles. The smallest absolute Gasteiger partial charge is 0.410 e. The predicted molar refractivity (Wildman–Crippen MR) is 128 cm³/mol. The summed E-state index contributed by atoms with van der Waals surface area (Å²) in [7, 11) is 0. The van der Waals surface area contributed by atoms with Crippen molar-refractivity contribution < 1.29 is 23.1 Å². The Labute approximate surface area is 204 Å². The topological polar surface area (TPSA) is 114 Å². The van der Waals surface area contributed by atoms with Crippen LogP contribution in [0.15, 0.2) is 46.0 Å². The Balaban J connectivity index is 1.53. The van der Waals surface area contributed by atoms with Crippen molar-refractivity contribution >= 4 is 22.9 Å². The van der Waals surface area contributed by atoms with Crippen LogP contribution in [0, 0.1) is 11.6 Å². The van der Waals surface area contributed by atoms with E-state index < -0.39 is 46.5 Å². The van der Waals surface area contributed by atoms with Gasteiger partial charge in [0.25, 0.3) is 11.5 Å². The van der Waals surface area contributed by atoms with Crippen LogP contribution in [0.2, 0.25) is 0 Å². The standard InChI is InChI=1S/C25H26F2N4O5/c1-25(2,3)36-24(35)30-10-9-15(13-30)28-22(33)17-11-14(7-8-18(17)26)12-31-20-16(5-4-6-19(20)27)21(32)29-23(31)34/h4-8,11,15H,9-10,12-13H2,1-3H3,(H,28,33)(H,29,32,34). The van der Waals surface area contributed by atoms with Crippen molar-refractivity contribution in [2.24, 2.45) is 0 Å². The molecule has 1 fully saturated rings. The maximum atomic E-state index is 14.6. The van der Waals surface area contributed by atoms with Gasteiger partial charge in [0, 0.05) is 19.1 Å². The van der Waals surface area contributed by atoms with E-state index in [0.29, 0.717) is 18.5 Å². The minimum absolute atomic E-state index is 0.00884. The SMILES string of the molecule is CC(C)(C)OC(=O)N1CCC(NC(=O)c2cc(Cn3c(=O)[nH]c(=O)c4cccc(F)c43)ccc2F)C1. The molecular weight excluding hydrogens is 474 g/mol. The Morgan fingerprint density at radius 3 is 2.61 bits per heavy atom. The lowest BCUT2D eigenvalue weighted by molar-refractivity contribution is 0.0290. The summed E-state index contributed by atoms with van der Waals surface area (Å²) in [6.07, 6.45) is -0.0112. The van der Waals surface area contributed by atoms with Crippen molar-refractivity contribution in [3.8, 4) is 0 Å². The van der Waals surface area contributed by atoms with Crippen molar-refractivity contribution in [1.82, 2.24) is 19.8 Å². The number of hydrogen-bond donors (Lipinski definition) is 2. The predicted octanol–water partition coefficient (Wildman–Crippen LogP) is 2.76. The molecule has 1 aliphatic rings. The quantitative estimate of drug-likeness (QED) is 0.572. The van der Waals surface area contributed by atoms with Crippen molar-refractivity contribution in [1.29, 1.82) is 0 Å². The Bertz CT molecular complexity index is 1460. The number of halogens is 2. The number of H-pyrrole nitrogens is 1. The first-order chi connectivity index (χ1) is 16.9. The van der Waals surface area contributed by atoms with Crippen LogP contribution in [0.5, 0.6) is 0 Å². The summed E-state index contributed by atoms with van der Waals surface area (Å²) in [4.78, 5) is 53.2. The monoisotopic (exact) mass is 500 g/mol. The van der Waals surface area contributed by atoms with Gasteiger partial charge in [-0.05, 0) is 57.0 Å². The number of amides is 2. The van der Waals surface area contributed by atoms with E-state index in [2.05, 4.69) is 10.3 Å². The zero-order chi connectivity index (χ0) is 26.2. The molecule has 2 amide bonds. The number of nitrogens with zero attached hydrogens (tertiary/aromatic N) is 2. The molecule has 190 valence electrons. The number of hydrogen-bond acceptors (Lipinski definition) is 5. The van der Waals surface area contributed by atoms with E-state index in [-0.39, 0.29) is 29.6 Å². The van der Waals surface area contributed by atoms with Crippen LogP contribution in [-0.4, -0.2) is 51.2 Å². The number of likely N-dealkylation sites (tertiary alicyclic amines) is 1. The van der Waals surface area contributed by atoms with Crippen LogP contribution in [0.1, 0.15) is 43.1 Å². The number of nitrogens with one attached hydrogen (secondary N) is 2. The molecule has 2 heterocycles. The van der Waals surface area contributed by atoms with E-state index in [4.69, 9.17) is 4.74 Å². The number of aromatic nitrogens is 2. The fraction of sp³-hybridized carbons (Fsp3) is 0.360. The summed E-state index contributed by atoms with van der Waals surface area (Å²) < 4.78 is 35.4.